The summed E-state index contributed by atoms with van der Waals surface area (Å²) >= 11 is 1.81. The highest BCUT2D eigenvalue weighted by atomic mass is 32.1. The maximum atomic E-state index is 9.22. The Balaban J connectivity index is 1.68. The smallest absolute Gasteiger partial charge is 0.227 e. The second kappa shape index (κ2) is 6.59. The van der Waals surface area contributed by atoms with Gasteiger partial charge in [-0.3, -0.25) is 0 Å². The first-order valence-electron chi connectivity index (χ1n) is 9.38. The number of benzene rings is 1. The summed E-state index contributed by atoms with van der Waals surface area (Å²) in [7, 11) is 0. The number of nitrogens with zero attached hydrogens (tertiary/aromatic N) is 4. The molecule has 1 aromatic carbocycles. The molecule has 1 aliphatic heterocycles. The van der Waals surface area contributed by atoms with E-state index in [-0.39, 0.29) is 0 Å². The Morgan fingerprint density at radius 1 is 1.22 bits per heavy atom. The molecule has 0 bridgehead atoms. The molecule has 0 amide bonds. The number of aryl methyl sites for hydroxylation is 3. The maximum Gasteiger partial charge on any atom is 0.227 e. The van der Waals surface area contributed by atoms with E-state index in [4.69, 9.17) is 14.7 Å². The van der Waals surface area contributed by atoms with E-state index in [2.05, 4.69) is 42.2 Å². The zero-order chi connectivity index (χ0) is 18.4. The van der Waals surface area contributed by atoms with Gasteiger partial charge in [-0.05, 0) is 31.7 Å². The molecular formula is C21H20N4OS. The first kappa shape index (κ1) is 16.7. The molecule has 1 saturated heterocycles. The number of anilines is 1. The van der Waals surface area contributed by atoms with Crippen LogP contribution in [0, 0.1) is 18.3 Å². The van der Waals surface area contributed by atoms with Crippen LogP contribution in [0.2, 0.25) is 0 Å². The fourth-order valence-electron chi connectivity index (χ4n) is 3.96. The van der Waals surface area contributed by atoms with E-state index in [1.807, 2.05) is 11.3 Å². The number of hydrogen-bond donors (Lipinski definition) is 0. The van der Waals surface area contributed by atoms with Gasteiger partial charge in [-0.2, -0.15) is 5.26 Å². The van der Waals surface area contributed by atoms with Crippen LogP contribution in [0.5, 0.6) is 0 Å². The Hall–Kier alpha value is -2.49. The minimum atomic E-state index is -0.422. The predicted octanol–water partition coefficient (Wildman–Crippen LogP) is 3.88. The highest BCUT2D eigenvalue weighted by Crippen LogP contribution is 2.41. The van der Waals surface area contributed by atoms with Crippen molar-refractivity contribution in [2.24, 2.45) is 0 Å². The van der Waals surface area contributed by atoms with E-state index in [9.17, 15) is 5.26 Å². The van der Waals surface area contributed by atoms with Crippen molar-refractivity contribution in [1.82, 2.24) is 9.97 Å². The van der Waals surface area contributed by atoms with Crippen LogP contribution in [0.4, 0.5) is 5.95 Å². The van der Waals surface area contributed by atoms with Crippen molar-refractivity contribution in [3.05, 3.63) is 40.3 Å². The number of fused-ring (bicyclic) bond motifs is 3. The van der Waals surface area contributed by atoms with Crippen LogP contribution in [-0.2, 0) is 17.6 Å². The predicted molar refractivity (Wildman–Crippen MR) is 107 cm³/mol. The number of nitriles is 1. The summed E-state index contributed by atoms with van der Waals surface area (Å²) in [6.07, 6.45) is 3.06. The van der Waals surface area contributed by atoms with Crippen molar-refractivity contribution in [1.29, 1.82) is 5.26 Å². The molecule has 0 saturated carbocycles. The zero-order valence-corrected chi connectivity index (χ0v) is 16.1. The lowest BCUT2D eigenvalue weighted by atomic mass is 10.0. The Bertz CT molecular complexity index is 1050. The highest BCUT2D eigenvalue weighted by molar-refractivity contribution is 7.19. The van der Waals surface area contributed by atoms with Crippen molar-refractivity contribution in [2.45, 2.75) is 32.3 Å². The van der Waals surface area contributed by atoms with Crippen molar-refractivity contribution >= 4 is 27.5 Å². The minimum Gasteiger partial charge on any atom is -0.360 e. The first-order valence-corrected chi connectivity index (χ1v) is 10.2. The molecule has 5 rings (SSSR count). The fourth-order valence-corrected chi connectivity index (χ4v) is 5.21. The zero-order valence-electron chi connectivity index (χ0n) is 15.2. The van der Waals surface area contributed by atoms with Crippen LogP contribution in [0.3, 0.4) is 0 Å². The van der Waals surface area contributed by atoms with Crippen LogP contribution < -0.4 is 4.90 Å². The van der Waals surface area contributed by atoms with Crippen molar-refractivity contribution in [3.8, 4) is 17.3 Å². The Labute approximate surface area is 162 Å². The highest BCUT2D eigenvalue weighted by Gasteiger charge is 2.26. The molecule has 2 aromatic heterocycles. The molecule has 0 N–H and O–H groups in total. The van der Waals surface area contributed by atoms with Crippen molar-refractivity contribution < 1.29 is 4.74 Å². The molecule has 6 heteroatoms. The third-order valence-corrected chi connectivity index (χ3v) is 6.56. The van der Waals surface area contributed by atoms with E-state index in [0.717, 1.165) is 28.9 Å². The van der Waals surface area contributed by atoms with Crippen LogP contribution >= 0.6 is 11.3 Å². The van der Waals surface area contributed by atoms with Gasteiger partial charge in [0.05, 0.1) is 24.9 Å². The summed E-state index contributed by atoms with van der Waals surface area (Å²) in [5, 5.41) is 10.5. The van der Waals surface area contributed by atoms with Gasteiger partial charge in [0.2, 0.25) is 5.95 Å². The summed E-state index contributed by atoms with van der Waals surface area (Å²) in [4.78, 5) is 14.5. The number of ether oxygens (including phenoxy) is 1. The monoisotopic (exact) mass is 376 g/mol. The summed E-state index contributed by atoms with van der Waals surface area (Å²) in [5.74, 6) is 0.710. The maximum absolute atomic E-state index is 9.22. The molecule has 2 aliphatic rings. The van der Waals surface area contributed by atoms with E-state index in [1.165, 1.54) is 27.8 Å². The lowest BCUT2D eigenvalue weighted by molar-refractivity contribution is 0.0758. The second-order valence-electron chi connectivity index (χ2n) is 7.21. The van der Waals surface area contributed by atoms with Gasteiger partial charge >= 0.3 is 0 Å². The average Bonchev–Trinajstić information content (AvgIpc) is 3.29. The number of thiophene rings is 1. The van der Waals surface area contributed by atoms with Gasteiger partial charge in [-0.15, -0.1) is 11.3 Å². The van der Waals surface area contributed by atoms with E-state index >= 15 is 0 Å². The number of aromatic nitrogens is 2. The summed E-state index contributed by atoms with van der Waals surface area (Å²) in [5.41, 5.74) is 4.83. The molecule has 0 spiro atoms. The quantitative estimate of drug-likeness (QED) is 0.679. The topological polar surface area (TPSA) is 62.0 Å². The van der Waals surface area contributed by atoms with Crippen LogP contribution in [0.15, 0.2) is 24.3 Å². The third kappa shape index (κ3) is 2.88. The van der Waals surface area contributed by atoms with Gasteiger partial charge in [0.15, 0.2) is 6.10 Å². The fraction of sp³-hybridized carbons (Fsp3) is 0.381. The molecule has 27 heavy (non-hydrogen) atoms. The number of morpholine rings is 1. The lowest BCUT2D eigenvalue weighted by Gasteiger charge is -2.30. The molecule has 0 radical (unpaired) electrons. The van der Waals surface area contributed by atoms with Crippen molar-refractivity contribution in [3.63, 3.8) is 0 Å². The number of hydrogen-bond acceptors (Lipinski definition) is 6. The first-order chi connectivity index (χ1) is 13.2. The molecule has 3 heterocycles. The minimum absolute atomic E-state index is 0.422. The Kier molecular flexibility index (Phi) is 4.07. The van der Waals surface area contributed by atoms with Gasteiger partial charge < -0.3 is 9.64 Å². The molecule has 1 atom stereocenters. The van der Waals surface area contributed by atoms with Crippen LogP contribution in [0.1, 0.15) is 22.4 Å². The molecule has 136 valence electrons. The molecule has 1 fully saturated rings. The largest absolute Gasteiger partial charge is 0.360 e. The number of rotatable bonds is 2. The third-order valence-electron chi connectivity index (χ3n) is 5.37. The van der Waals surface area contributed by atoms with Gasteiger partial charge in [0.1, 0.15) is 4.83 Å². The molecule has 1 unspecified atom stereocenters. The van der Waals surface area contributed by atoms with E-state index in [0.29, 0.717) is 25.6 Å². The normalized spacial score (nSPS) is 19.3. The van der Waals surface area contributed by atoms with Crippen LogP contribution in [-0.4, -0.2) is 35.8 Å². The van der Waals surface area contributed by atoms with E-state index in [1.54, 1.807) is 0 Å². The molecular weight excluding hydrogens is 356 g/mol. The van der Waals surface area contributed by atoms with Crippen molar-refractivity contribution in [2.75, 3.05) is 24.6 Å². The second-order valence-corrected chi connectivity index (χ2v) is 8.29. The standard InChI is InChI=1S/C21H20N4OS/c1-13-5-7-14(8-6-13)19-18-16-3-2-4-17(16)27-20(18)24-21(23-19)25-9-10-26-15(11-22)12-25/h5-8,15H,2-4,9-10,12H2,1H3. The van der Waals surface area contributed by atoms with E-state index < -0.39 is 6.10 Å². The average molecular weight is 376 g/mol. The van der Waals surface area contributed by atoms with Gasteiger partial charge in [0, 0.05) is 22.4 Å². The van der Waals surface area contributed by atoms with Gasteiger partial charge in [0.25, 0.3) is 0 Å². The lowest BCUT2D eigenvalue weighted by Crippen LogP contribution is -2.42. The molecule has 5 nitrogen and oxygen atoms in total. The SMILES string of the molecule is Cc1ccc(-c2nc(N3CCOC(C#N)C3)nc3sc4c(c23)CCC4)cc1. The summed E-state index contributed by atoms with van der Waals surface area (Å²) < 4.78 is 5.49. The summed E-state index contributed by atoms with van der Waals surface area (Å²) in [6.45, 7) is 3.85. The summed E-state index contributed by atoms with van der Waals surface area (Å²) in [6, 6.07) is 10.8. The van der Waals surface area contributed by atoms with Gasteiger partial charge in [-0.1, -0.05) is 29.8 Å². The van der Waals surface area contributed by atoms with Gasteiger partial charge in [-0.25, -0.2) is 9.97 Å². The molecule has 1 aliphatic carbocycles. The molecule has 3 aromatic rings. The van der Waals surface area contributed by atoms with Crippen LogP contribution in [0.25, 0.3) is 21.5 Å². The Morgan fingerprint density at radius 3 is 2.89 bits per heavy atom. The Morgan fingerprint density at radius 2 is 2.07 bits per heavy atom.